The molecule has 3 rings (SSSR count). The summed E-state index contributed by atoms with van der Waals surface area (Å²) in [4.78, 5) is 12.3. The standard InChI is InChI=1S/C19H22N2O5S/c1-19(2)11-13-5-4-6-16(18(13)26-19)25-12-17(22)21-14-7-9-15(10-8-14)27(23,24)20-3/h4-10,20H,11-12H2,1-3H3,(H,21,22). The van der Waals surface area contributed by atoms with E-state index in [1.165, 1.54) is 31.3 Å². The van der Waals surface area contributed by atoms with Crippen LogP contribution in [0.5, 0.6) is 11.5 Å². The molecule has 0 aliphatic carbocycles. The quantitative estimate of drug-likeness (QED) is 0.790. The number of hydrogen-bond donors (Lipinski definition) is 2. The molecule has 0 bridgehead atoms. The molecule has 2 aromatic carbocycles. The van der Waals surface area contributed by atoms with Crippen molar-refractivity contribution in [3.05, 3.63) is 48.0 Å². The Balaban J connectivity index is 1.61. The number of carbonyl (C=O) groups excluding carboxylic acids is 1. The number of amides is 1. The van der Waals surface area contributed by atoms with Crippen molar-refractivity contribution in [3.8, 4) is 11.5 Å². The summed E-state index contributed by atoms with van der Waals surface area (Å²) in [5.41, 5.74) is 1.24. The minimum Gasteiger partial charge on any atom is -0.483 e. The number of nitrogens with one attached hydrogen (secondary N) is 2. The van der Waals surface area contributed by atoms with E-state index in [2.05, 4.69) is 10.0 Å². The van der Waals surface area contributed by atoms with Gasteiger partial charge in [-0.05, 0) is 51.2 Å². The molecule has 0 saturated heterocycles. The second-order valence-corrected chi connectivity index (χ2v) is 8.74. The van der Waals surface area contributed by atoms with Crippen LogP contribution in [0.1, 0.15) is 19.4 Å². The van der Waals surface area contributed by atoms with Crippen LogP contribution >= 0.6 is 0 Å². The fraction of sp³-hybridized carbons (Fsp3) is 0.316. The lowest BCUT2D eigenvalue weighted by Gasteiger charge is -2.18. The highest BCUT2D eigenvalue weighted by Gasteiger charge is 2.32. The third-order valence-electron chi connectivity index (χ3n) is 4.13. The van der Waals surface area contributed by atoms with Crippen molar-refractivity contribution < 1.29 is 22.7 Å². The van der Waals surface area contributed by atoms with Crippen LogP contribution in [-0.2, 0) is 21.2 Å². The maximum Gasteiger partial charge on any atom is 0.262 e. The van der Waals surface area contributed by atoms with E-state index in [4.69, 9.17) is 9.47 Å². The number of fused-ring (bicyclic) bond motifs is 1. The van der Waals surface area contributed by atoms with Crippen LogP contribution in [0.15, 0.2) is 47.4 Å². The summed E-state index contributed by atoms with van der Waals surface area (Å²) in [6.45, 7) is 3.82. The first kappa shape index (κ1) is 19.2. The Bertz CT molecular complexity index is 953. The Morgan fingerprint density at radius 1 is 1.19 bits per heavy atom. The highest BCUT2D eigenvalue weighted by molar-refractivity contribution is 7.89. The molecular formula is C19H22N2O5S. The summed E-state index contributed by atoms with van der Waals surface area (Å²) in [6.07, 6.45) is 0.785. The zero-order chi connectivity index (χ0) is 19.7. The van der Waals surface area contributed by atoms with Crippen molar-refractivity contribution in [2.24, 2.45) is 0 Å². The molecule has 2 aromatic rings. The molecule has 0 fully saturated rings. The zero-order valence-corrected chi connectivity index (χ0v) is 16.2. The van der Waals surface area contributed by atoms with Gasteiger partial charge in [-0.1, -0.05) is 12.1 Å². The number of hydrogen-bond acceptors (Lipinski definition) is 5. The molecule has 0 radical (unpaired) electrons. The summed E-state index contributed by atoms with van der Waals surface area (Å²) in [7, 11) is -2.17. The van der Waals surface area contributed by atoms with Crippen LogP contribution in [0.3, 0.4) is 0 Å². The molecule has 0 spiro atoms. The van der Waals surface area contributed by atoms with E-state index in [1.807, 2.05) is 26.0 Å². The predicted molar refractivity (Wildman–Crippen MR) is 102 cm³/mol. The number of anilines is 1. The van der Waals surface area contributed by atoms with Crippen LogP contribution in [0.2, 0.25) is 0 Å². The highest BCUT2D eigenvalue weighted by Crippen LogP contribution is 2.41. The molecule has 0 atom stereocenters. The second-order valence-electron chi connectivity index (χ2n) is 6.85. The lowest BCUT2D eigenvalue weighted by atomic mass is 10.0. The van der Waals surface area contributed by atoms with E-state index in [-0.39, 0.29) is 23.0 Å². The van der Waals surface area contributed by atoms with Gasteiger partial charge in [-0.15, -0.1) is 0 Å². The molecule has 7 nitrogen and oxygen atoms in total. The summed E-state index contributed by atoms with van der Waals surface area (Å²) < 4.78 is 37.2. The maximum atomic E-state index is 12.1. The smallest absolute Gasteiger partial charge is 0.262 e. The Morgan fingerprint density at radius 3 is 2.56 bits per heavy atom. The van der Waals surface area contributed by atoms with E-state index in [1.54, 1.807) is 6.07 Å². The van der Waals surface area contributed by atoms with Gasteiger partial charge in [0.25, 0.3) is 5.91 Å². The van der Waals surface area contributed by atoms with Crippen molar-refractivity contribution in [3.63, 3.8) is 0 Å². The fourth-order valence-electron chi connectivity index (χ4n) is 2.88. The van der Waals surface area contributed by atoms with Crippen molar-refractivity contribution in [2.45, 2.75) is 30.8 Å². The first-order valence-corrected chi connectivity index (χ1v) is 9.96. The maximum absolute atomic E-state index is 12.1. The third kappa shape index (κ3) is 4.40. The van der Waals surface area contributed by atoms with Crippen LogP contribution in [-0.4, -0.2) is 33.6 Å². The Labute approximate surface area is 158 Å². The molecule has 0 saturated carbocycles. The van der Waals surface area contributed by atoms with E-state index in [9.17, 15) is 13.2 Å². The average molecular weight is 390 g/mol. The summed E-state index contributed by atoms with van der Waals surface area (Å²) >= 11 is 0. The molecule has 8 heteroatoms. The number of para-hydroxylation sites is 1. The SMILES string of the molecule is CNS(=O)(=O)c1ccc(NC(=O)COc2cccc3c2OC(C)(C)C3)cc1. The summed E-state index contributed by atoms with van der Waals surface area (Å²) in [6, 6.07) is 11.5. The molecule has 1 aliphatic heterocycles. The van der Waals surface area contributed by atoms with Crippen molar-refractivity contribution in [1.29, 1.82) is 0 Å². The lowest BCUT2D eigenvalue weighted by Crippen LogP contribution is -2.25. The molecule has 27 heavy (non-hydrogen) atoms. The van der Waals surface area contributed by atoms with E-state index < -0.39 is 10.0 Å². The van der Waals surface area contributed by atoms with Gasteiger partial charge in [0.1, 0.15) is 5.60 Å². The number of ether oxygens (including phenoxy) is 2. The lowest BCUT2D eigenvalue weighted by molar-refractivity contribution is -0.118. The number of benzene rings is 2. The van der Waals surface area contributed by atoms with Gasteiger partial charge in [-0.3, -0.25) is 4.79 Å². The van der Waals surface area contributed by atoms with Gasteiger partial charge in [0, 0.05) is 17.7 Å². The molecule has 1 aliphatic rings. The molecule has 0 unspecified atom stereocenters. The summed E-state index contributed by atoms with van der Waals surface area (Å²) in [5.74, 6) is 0.856. The van der Waals surface area contributed by atoms with Gasteiger partial charge >= 0.3 is 0 Å². The molecule has 1 heterocycles. The van der Waals surface area contributed by atoms with E-state index in [0.717, 1.165) is 12.0 Å². The summed E-state index contributed by atoms with van der Waals surface area (Å²) in [5, 5.41) is 2.67. The van der Waals surface area contributed by atoms with Gasteiger partial charge < -0.3 is 14.8 Å². The second kappa shape index (κ2) is 7.21. The van der Waals surface area contributed by atoms with Gasteiger partial charge in [0.15, 0.2) is 18.1 Å². The Morgan fingerprint density at radius 2 is 1.89 bits per heavy atom. The van der Waals surface area contributed by atoms with Crippen LogP contribution in [0.4, 0.5) is 5.69 Å². The molecule has 144 valence electrons. The molecule has 2 N–H and O–H groups in total. The average Bonchev–Trinajstić information content (AvgIpc) is 2.94. The largest absolute Gasteiger partial charge is 0.483 e. The minimum atomic E-state index is -3.51. The number of sulfonamides is 1. The van der Waals surface area contributed by atoms with Crippen LogP contribution in [0, 0.1) is 0 Å². The van der Waals surface area contributed by atoms with Crippen molar-refractivity contribution in [2.75, 3.05) is 19.0 Å². The monoisotopic (exact) mass is 390 g/mol. The first-order chi connectivity index (χ1) is 12.7. The third-order valence-corrected chi connectivity index (χ3v) is 5.56. The predicted octanol–water partition coefficient (Wildman–Crippen LogP) is 2.33. The number of carbonyl (C=O) groups is 1. The van der Waals surface area contributed by atoms with Crippen molar-refractivity contribution >= 4 is 21.6 Å². The van der Waals surface area contributed by atoms with E-state index >= 15 is 0 Å². The van der Waals surface area contributed by atoms with E-state index in [0.29, 0.717) is 17.2 Å². The normalized spacial score (nSPS) is 14.9. The van der Waals surface area contributed by atoms with Crippen LogP contribution in [0.25, 0.3) is 0 Å². The molecule has 0 aromatic heterocycles. The highest BCUT2D eigenvalue weighted by atomic mass is 32.2. The van der Waals surface area contributed by atoms with Gasteiger partial charge in [-0.25, -0.2) is 13.1 Å². The Hall–Kier alpha value is -2.58. The van der Waals surface area contributed by atoms with Gasteiger partial charge in [0.2, 0.25) is 10.0 Å². The fourth-order valence-corrected chi connectivity index (χ4v) is 3.61. The van der Waals surface area contributed by atoms with Gasteiger partial charge in [0.05, 0.1) is 4.90 Å². The molecule has 1 amide bonds. The van der Waals surface area contributed by atoms with Crippen LogP contribution < -0.4 is 19.5 Å². The van der Waals surface area contributed by atoms with Crippen molar-refractivity contribution in [1.82, 2.24) is 4.72 Å². The Kier molecular flexibility index (Phi) is 5.12. The topological polar surface area (TPSA) is 93.7 Å². The van der Waals surface area contributed by atoms with Gasteiger partial charge in [-0.2, -0.15) is 0 Å². The zero-order valence-electron chi connectivity index (χ0n) is 15.4. The molecular weight excluding hydrogens is 368 g/mol. The first-order valence-electron chi connectivity index (χ1n) is 8.47. The number of rotatable bonds is 6. The minimum absolute atomic E-state index is 0.124.